The molecule has 1 N–H and O–H groups in total. The highest BCUT2D eigenvalue weighted by Crippen LogP contribution is 2.34. The first-order valence-corrected chi connectivity index (χ1v) is 7.50. The number of hydrogen-bond donors (Lipinski definition) is 1. The van der Waals surface area contributed by atoms with Crippen LogP contribution in [0.15, 0.2) is 41.1 Å². The lowest BCUT2D eigenvalue weighted by Crippen LogP contribution is -1.99. The van der Waals surface area contributed by atoms with Crippen LogP contribution in [0, 0.1) is 5.82 Å². The molecule has 0 saturated carbocycles. The van der Waals surface area contributed by atoms with Gasteiger partial charge in [-0.25, -0.2) is 14.4 Å². The minimum absolute atomic E-state index is 0. The van der Waals surface area contributed by atoms with E-state index < -0.39 is 0 Å². The Morgan fingerprint density at radius 3 is 2.42 bits per heavy atom. The third kappa shape index (κ3) is 3.52. The zero-order valence-electron chi connectivity index (χ0n) is 12.8. The third-order valence-electron chi connectivity index (χ3n) is 3.32. The molecule has 5 nitrogen and oxygen atoms in total. The van der Waals surface area contributed by atoms with E-state index in [4.69, 9.17) is 9.47 Å². The van der Waals surface area contributed by atoms with Gasteiger partial charge >= 0.3 is 0 Å². The second-order valence-electron chi connectivity index (χ2n) is 4.70. The molecule has 0 aliphatic carbocycles. The molecule has 0 atom stereocenters. The number of halogens is 3. The lowest BCUT2D eigenvalue weighted by atomic mass is 10.2. The Balaban J connectivity index is 0.00000208. The molecule has 8 heteroatoms. The van der Waals surface area contributed by atoms with Gasteiger partial charge in [0, 0.05) is 15.9 Å². The fourth-order valence-electron chi connectivity index (χ4n) is 2.20. The molecular weight excluding hydrogens is 401 g/mol. The SMILES string of the molecule is COc1cc2ncnc(Nc3ccc(Br)cc3F)c2cc1OC.Cl. The van der Waals surface area contributed by atoms with Crippen molar-refractivity contribution >= 4 is 50.7 Å². The molecule has 0 amide bonds. The van der Waals surface area contributed by atoms with Crippen LogP contribution in [-0.2, 0) is 0 Å². The van der Waals surface area contributed by atoms with Crippen LogP contribution in [0.5, 0.6) is 11.5 Å². The van der Waals surface area contributed by atoms with Gasteiger partial charge in [-0.2, -0.15) is 0 Å². The van der Waals surface area contributed by atoms with Crippen LogP contribution in [0.1, 0.15) is 0 Å². The fourth-order valence-corrected chi connectivity index (χ4v) is 2.53. The number of ether oxygens (including phenoxy) is 2. The van der Waals surface area contributed by atoms with Crippen molar-refractivity contribution in [2.45, 2.75) is 0 Å². The van der Waals surface area contributed by atoms with E-state index in [9.17, 15) is 4.39 Å². The predicted molar refractivity (Wildman–Crippen MR) is 97.3 cm³/mol. The largest absolute Gasteiger partial charge is 0.493 e. The molecule has 0 aliphatic rings. The van der Waals surface area contributed by atoms with Gasteiger partial charge in [0.05, 0.1) is 25.4 Å². The average Bonchev–Trinajstić information content (AvgIpc) is 2.56. The molecule has 0 spiro atoms. The average molecular weight is 415 g/mol. The molecule has 2 aromatic carbocycles. The molecule has 0 fully saturated rings. The molecule has 1 aromatic heterocycles. The van der Waals surface area contributed by atoms with Gasteiger partial charge in [-0.3, -0.25) is 0 Å². The first-order chi connectivity index (χ1) is 11.1. The number of nitrogens with one attached hydrogen (secondary N) is 1. The molecule has 3 rings (SSSR count). The first-order valence-electron chi connectivity index (χ1n) is 6.71. The lowest BCUT2D eigenvalue weighted by molar-refractivity contribution is 0.356. The quantitative estimate of drug-likeness (QED) is 0.670. The van der Waals surface area contributed by atoms with Crippen molar-refractivity contribution in [1.29, 1.82) is 0 Å². The second-order valence-corrected chi connectivity index (χ2v) is 5.61. The van der Waals surface area contributed by atoms with Gasteiger partial charge in [0.15, 0.2) is 11.5 Å². The van der Waals surface area contributed by atoms with Crippen LogP contribution >= 0.6 is 28.3 Å². The first kappa shape index (κ1) is 18.2. The number of anilines is 2. The van der Waals surface area contributed by atoms with Gasteiger partial charge in [-0.1, -0.05) is 15.9 Å². The summed E-state index contributed by atoms with van der Waals surface area (Å²) < 4.78 is 25.3. The highest BCUT2D eigenvalue weighted by molar-refractivity contribution is 9.10. The Bertz CT molecular complexity index is 879. The van der Waals surface area contributed by atoms with E-state index in [1.165, 1.54) is 12.4 Å². The van der Waals surface area contributed by atoms with Crippen molar-refractivity contribution in [3.05, 3.63) is 46.9 Å². The van der Waals surface area contributed by atoms with E-state index in [0.29, 0.717) is 38.4 Å². The second kappa shape index (κ2) is 7.63. The summed E-state index contributed by atoms with van der Waals surface area (Å²) in [6, 6.07) is 8.27. The topological polar surface area (TPSA) is 56.3 Å². The Morgan fingerprint density at radius 1 is 1.04 bits per heavy atom. The molecule has 3 aromatic rings. The van der Waals surface area contributed by atoms with Gasteiger partial charge in [0.2, 0.25) is 0 Å². The van der Waals surface area contributed by atoms with Crippen molar-refractivity contribution in [1.82, 2.24) is 9.97 Å². The van der Waals surface area contributed by atoms with Crippen molar-refractivity contribution in [2.24, 2.45) is 0 Å². The van der Waals surface area contributed by atoms with Gasteiger partial charge in [0.25, 0.3) is 0 Å². The van der Waals surface area contributed by atoms with Crippen LogP contribution < -0.4 is 14.8 Å². The van der Waals surface area contributed by atoms with E-state index in [-0.39, 0.29) is 18.2 Å². The number of methoxy groups -OCH3 is 2. The van der Waals surface area contributed by atoms with E-state index in [1.54, 1.807) is 38.5 Å². The summed E-state index contributed by atoms with van der Waals surface area (Å²) in [6.07, 6.45) is 1.41. The van der Waals surface area contributed by atoms with Crippen molar-refractivity contribution in [3.63, 3.8) is 0 Å². The van der Waals surface area contributed by atoms with Crippen molar-refractivity contribution < 1.29 is 13.9 Å². The molecule has 0 unspecified atom stereocenters. The molecule has 0 bridgehead atoms. The zero-order chi connectivity index (χ0) is 16.4. The molecule has 1 heterocycles. The summed E-state index contributed by atoms with van der Waals surface area (Å²) >= 11 is 3.23. The Morgan fingerprint density at radius 2 is 1.75 bits per heavy atom. The van der Waals surface area contributed by atoms with Gasteiger partial charge in [-0.15, -0.1) is 12.4 Å². The van der Waals surface area contributed by atoms with Crippen LogP contribution in [0.3, 0.4) is 0 Å². The normalized spacial score (nSPS) is 10.2. The van der Waals surface area contributed by atoms with Crippen molar-refractivity contribution in [3.8, 4) is 11.5 Å². The summed E-state index contributed by atoms with van der Waals surface area (Å²) in [7, 11) is 3.11. The number of nitrogens with zero attached hydrogens (tertiary/aromatic N) is 2. The van der Waals surface area contributed by atoms with E-state index in [1.807, 2.05) is 0 Å². The number of hydrogen-bond acceptors (Lipinski definition) is 5. The fraction of sp³-hybridized carbons (Fsp3) is 0.125. The van der Waals surface area contributed by atoms with E-state index in [2.05, 4.69) is 31.2 Å². The van der Waals surface area contributed by atoms with Gasteiger partial charge < -0.3 is 14.8 Å². The molecule has 126 valence electrons. The smallest absolute Gasteiger partial charge is 0.162 e. The molecule has 0 saturated heterocycles. The summed E-state index contributed by atoms with van der Waals surface area (Å²) in [5.41, 5.74) is 0.987. The van der Waals surface area contributed by atoms with E-state index in [0.717, 1.165) is 0 Å². The minimum Gasteiger partial charge on any atom is -0.493 e. The Kier molecular flexibility index (Phi) is 5.80. The lowest BCUT2D eigenvalue weighted by Gasteiger charge is -2.12. The number of benzene rings is 2. The zero-order valence-corrected chi connectivity index (χ0v) is 15.2. The minimum atomic E-state index is -0.383. The monoisotopic (exact) mass is 413 g/mol. The Labute approximate surface area is 152 Å². The van der Waals surface area contributed by atoms with Crippen LogP contribution in [0.2, 0.25) is 0 Å². The van der Waals surface area contributed by atoms with Crippen molar-refractivity contribution in [2.75, 3.05) is 19.5 Å². The maximum absolute atomic E-state index is 14.0. The summed E-state index contributed by atoms with van der Waals surface area (Å²) in [5, 5.41) is 3.69. The van der Waals surface area contributed by atoms with Crippen LogP contribution in [-0.4, -0.2) is 24.2 Å². The number of aromatic nitrogens is 2. The van der Waals surface area contributed by atoms with Crippen LogP contribution in [0.25, 0.3) is 10.9 Å². The number of rotatable bonds is 4. The molecule has 0 radical (unpaired) electrons. The standard InChI is InChI=1S/C16H13BrFN3O2.ClH/c1-22-14-6-10-13(7-15(14)23-2)19-8-20-16(10)21-12-4-3-9(17)5-11(12)18;/h3-8H,1-2H3,(H,19,20,21);1H. The third-order valence-corrected chi connectivity index (χ3v) is 3.82. The molecular formula is C16H14BrClFN3O2. The maximum atomic E-state index is 14.0. The molecule has 0 aliphatic heterocycles. The van der Waals surface area contributed by atoms with Gasteiger partial charge in [0.1, 0.15) is 18.0 Å². The summed E-state index contributed by atoms with van der Waals surface area (Å²) in [4.78, 5) is 8.42. The van der Waals surface area contributed by atoms with Gasteiger partial charge in [-0.05, 0) is 24.3 Å². The highest BCUT2D eigenvalue weighted by Gasteiger charge is 2.12. The van der Waals surface area contributed by atoms with Crippen LogP contribution in [0.4, 0.5) is 15.9 Å². The maximum Gasteiger partial charge on any atom is 0.162 e. The molecule has 24 heavy (non-hydrogen) atoms. The predicted octanol–water partition coefficient (Wildman–Crippen LogP) is 4.71. The summed E-state index contributed by atoms with van der Waals surface area (Å²) in [5.74, 6) is 1.22. The number of fused-ring (bicyclic) bond motifs is 1. The summed E-state index contributed by atoms with van der Waals surface area (Å²) in [6.45, 7) is 0. The highest BCUT2D eigenvalue weighted by atomic mass is 79.9. The van der Waals surface area contributed by atoms with E-state index >= 15 is 0 Å². The Hall–Kier alpha value is -2.12.